The third-order valence-electron chi connectivity index (χ3n) is 3.55. The van der Waals surface area contributed by atoms with Crippen molar-refractivity contribution in [1.29, 1.82) is 0 Å². The first-order valence-corrected chi connectivity index (χ1v) is 8.09. The smallest absolute Gasteiger partial charge is 0.223 e. The van der Waals surface area contributed by atoms with Gasteiger partial charge >= 0.3 is 0 Å². The van der Waals surface area contributed by atoms with Crippen molar-refractivity contribution in [2.24, 2.45) is 0 Å². The molecule has 0 aliphatic carbocycles. The molecular weight excluding hydrogens is 322 g/mol. The van der Waals surface area contributed by atoms with Gasteiger partial charge in [0.15, 0.2) is 11.9 Å². The second-order valence-corrected chi connectivity index (χ2v) is 7.17. The summed E-state index contributed by atoms with van der Waals surface area (Å²) < 4.78 is 7.01. The molecule has 1 fully saturated rings. The zero-order chi connectivity index (χ0) is 16.7. The molecule has 3 rings (SSSR count). The predicted octanol–water partition coefficient (Wildman–Crippen LogP) is -0.480. The van der Waals surface area contributed by atoms with E-state index in [0.29, 0.717) is 16.2 Å². The van der Waals surface area contributed by atoms with Crippen LogP contribution in [0.25, 0.3) is 11.2 Å². The van der Waals surface area contributed by atoms with E-state index in [1.165, 1.54) is 22.7 Å². The highest BCUT2D eigenvalue weighted by molar-refractivity contribution is 8.00. The molecular formula is C13H19N5O4S. The van der Waals surface area contributed by atoms with Crippen LogP contribution < -0.4 is 5.73 Å². The van der Waals surface area contributed by atoms with Crippen LogP contribution in [-0.4, -0.2) is 65.0 Å². The van der Waals surface area contributed by atoms with Crippen LogP contribution in [0.5, 0.6) is 0 Å². The molecule has 0 saturated carbocycles. The molecule has 10 heteroatoms. The zero-order valence-electron chi connectivity index (χ0n) is 12.7. The van der Waals surface area contributed by atoms with Crippen LogP contribution in [0.1, 0.15) is 20.1 Å². The highest BCUT2D eigenvalue weighted by Crippen LogP contribution is 2.34. The minimum atomic E-state index is -1.21. The van der Waals surface area contributed by atoms with Crippen LogP contribution >= 0.6 is 11.8 Å². The SMILES string of the molecule is CC(C)Sc1nc(N)nc2c1ncn2[C@H]1O[C@@H](CO)[C@@H](O)[C@H]1O. The number of nitrogen functional groups attached to an aromatic ring is 1. The average molecular weight is 341 g/mol. The van der Waals surface area contributed by atoms with Crippen molar-refractivity contribution in [2.45, 2.75) is 48.7 Å². The summed E-state index contributed by atoms with van der Waals surface area (Å²) in [5.41, 5.74) is 6.74. The number of rotatable bonds is 4. The van der Waals surface area contributed by atoms with Crippen molar-refractivity contribution in [1.82, 2.24) is 19.5 Å². The Labute approximate surface area is 136 Å². The number of thioether (sulfide) groups is 1. The van der Waals surface area contributed by atoms with E-state index >= 15 is 0 Å². The van der Waals surface area contributed by atoms with Gasteiger partial charge in [0.2, 0.25) is 5.95 Å². The van der Waals surface area contributed by atoms with Gasteiger partial charge in [0.25, 0.3) is 0 Å². The van der Waals surface area contributed by atoms with Gasteiger partial charge in [-0.15, -0.1) is 11.8 Å². The highest BCUT2D eigenvalue weighted by atomic mass is 32.2. The Morgan fingerprint density at radius 1 is 1.35 bits per heavy atom. The van der Waals surface area contributed by atoms with Gasteiger partial charge in [-0.25, -0.2) is 9.97 Å². The minimum Gasteiger partial charge on any atom is -0.394 e. The van der Waals surface area contributed by atoms with E-state index in [1.807, 2.05) is 13.8 Å². The molecule has 0 bridgehead atoms. The van der Waals surface area contributed by atoms with Crippen molar-refractivity contribution in [3.8, 4) is 0 Å². The van der Waals surface area contributed by atoms with Gasteiger partial charge in [0.05, 0.1) is 12.9 Å². The number of anilines is 1. The zero-order valence-corrected chi connectivity index (χ0v) is 13.5. The van der Waals surface area contributed by atoms with Crippen LogP contribution in [0.15, 0.2) is 11.4 Å². The molecule has 3 heterocycles. The molecule has 0 unspecified atom stereocenters. The molecule has 2 aromatic heterocycles. The first kappa shape index (κ1) is 16.4. The molecule has 0 amide bonds. The molecule has 1 aliphatic heterocycles. The number of fused-ring (bicyclic) bond motifs is 1. The van der Waals surface area contributed by atoms with Crippen molar-refractivity contribution in [3.05, 3.63) is 6.33 Å². The fraction of sp³-hybridized carbons (Fsp3) is 0.615. The number of aliphatic hydroxyl groups excluding tert-OH is 3. The van der Waals surface area contributed by atoms with Crippen LogP contribution in [0.3, 0.4) is 0 Å². The maximum Gasteiger partial charge on any atom is 0.223 e. The van der Waals surface area contributed by atoms with Gasteiger partial charge in [-0.2, -0.15) is 4.98 Å². The molecule has 0 spiro atoms. The molecule has 5 N–H and O–H groups in total. The summed E-state index contributed by atoms with van der Waals surface area (Å²) in [7, 11) is 0. The minimum absolute atomic E-state index is 0.0918. The maximum atomic E-state index is 10.2. The third-order valence-corrected chi connectivity index (χ3v) is 4.52. The van der Waals surface area contributed by atoms with E-state index in [1.54, 1.807) is 0 Å². The number of hydrogen-bond acceptors (Lipinski definition) is 9. The first-order valence-electron chi connectivity index (χ1n) is 7.21. The van der Waals surface area contributed by atoms with Crippen molar-refractivity contribution >= 4 is 28.9 Å². The lowest BCUT2D eigenvalue weighted by atomic mass is 10.1. The van der Waals surface area contributed by atoms with Crippen molar-refractivity contribution in [2.75, 3.05) is 12.3 Å². The molecule has 2 aromatic rings. The second kappa shape index (κ2) is 6.21. The van der Waals surface area contributed by atoms with E-state index in [9.17, 15) is 15.3 Å². The molecule has 126 valence electrons. The standard InChI is InChI=1S/C13H19N5O4S/c1-5(2)23-11-7-10(16-13(14)17-11)18(4-15-7)12-9(21)8(20)6(3-19)22-12/h4-6,8-9,12,19-21H,3H2,1-2H3,(H2,14,16,17)/t6-,8+,9+,12-/m0/s1. The maximum absolute atomic E-state index is 10.2. The second-order valence-electron chi connectivity index (χ2n) is 5.61. The fourth-order valence-electron chi connectivity index (χ4n) is 2.51. The Kier molecular flexibility index (Phi) is 4.43. The third kappa shape index (κ3) is 2.88. The highest BCUT2D eigenvalue weighted by Gasteiger charge is 2.44. The number of nitrogens with two attached hydrogens (primary N) is 1. The summed E-state index contributed by atoms with van der Waals surface area (Å²) in [4.78, 5) is 12.7. The molecule has 9 nitrogen and oxygen atoms in total. The molecule has 23 heavy (non-hydrogen) atoms. The predicted molar refractivity (Wildman–Crippen MR) is 83.7 cm³/mol. The van der Waals surface area contributed by atoms with Crippen LogP contribution in [0.4, 0.5) is 5.95 Å². The van der Waals surface area contributed by atoms with Crippen LogP contribution in [0.2, 0.25) is 0 Å². The molecule has 1 saturated heterocycles. The van der Waals surface area contributed by atoms with E-state index in [-0.39, 0.29) is 11.2 Å². The van der Waals surface area contributed by atoms with Gasteiger partial charge < -0.3 is 25.8 Å². The summed E-state index contributed by atoms with van der Waals surface area (Å²) in [5, 5.41) is 30.2. The average Bonchev–Trinajstić information content (AvgIpc) is 3.01. The Hall–Kier alpha value is -1.46. The lowest BCUT2D eigenvalue weighted by Crippen LogP contribution is -2.33. The van der Waals surface area contributed by atoms with Gasteiger partial charge in [-0.05, 0) is 0 Å². The van der Waals surface area contributed by atoms with Gasteiger partial charge in [0, 0.05) is 5.25 Å². The summed E-state index contributed by atoms with van der Waals surface area (Å²) in [5.74, 6) is 0.0918. The summed E-state index contributed by atoms with van der Waals surface area (Å²) in [6, 6.07) is 0. The van der Waals surface area contributed by atoms with E-state index in [0.717, 1.165) is 0 Å². The fourth-order valence-corrected chi connectivity index (χ4v) is 3.36. The largest absolute Gasteiger partial charge is 0.394 e. The van der Waals surface area contributed by atoms with Gasteiger partial charge in [-0.1, -0.05) is 13.8 Å². The van der Waals surface area contributed by atoms with Crippen LogP contribution in [0, 0.1) is 0 Å². The number of imidazole rings is 1. The Balaban J connectivity index is 2.04. The number of aliphatic hydroxyl groups is 3. The molecule has 0 aromatic carbocycles. The van der Waals surface area contributed by atoms with Gasteiger partial charge in [0.1, 0.15) is 28.9 Å². The van der Waals surface area contributed by atoms with Crippen molar-refractivity contribution in [3.63, 3.8) is 0 Å². The van der Waals surface area contributed by atoms with E-state index < -0.39 is 31.1 Å². The lowest BCUT2D eigenvalue weighted by molar-refractivity contribution is -0.0511. The topological polar surface area (TPSA) is 140 Å². The number of aromatic nitrogens is 4. The molecule has 4 atom stereocenters. The molecule has 0 radical (unpaired) electrons. The summed E-state index contributed by atoms with van der Waals surface area (Å²) in [6.45, 7) is 3.66. The van der Waals surface area contributed by atoms with E-state index in [2.05, 4.69) is 15.0 Å². The quantitative estimate of drug-likeness (QED) is 0.429. The normalized spacial score (nSPS) is 28.1. The van der Waals surface area contributed by atoms with Crippen molar-refractivity contribution < 1.29 is 20.1 Å². The van der Waals surface area contributed by atoms with Crippen LogP contribution in [-0.2, 0) is 4.74 Å². The van der Waals surface area contributed by atoms with Gasteiger partial charge in [-0.3, -0.25) is 4.57 Å². The summed E-state index contributed by atoms with van der Waals surface area (Å²) in [6.07, 6.45) is -2.70. The Bertz CT molecular complexity index is 709. The number of nitrogens with zero attached hydrogens (tertiary/aromatic N) is 4. The van der Waals surface area contributed by atoms with E-state index in [4.69, 9.17) is 10.5 Å². The first-order chi connectivity index (χ1) is 10.9. The molecule has 1 aliphatic rings. The number of hydrogen-bond donors (Lipinski definition) is 4. The Morgan fingerprint density at radius 3 is 2.70 bits per heavy atom. The monoisotopic (exact) mass is 341 g/mol. The Morgan fingerprint density at radius 2 is 2.09 bits per heavy atom. The number of ether oxygens (including phenoxy) is 1. The lowest BCUT2D eigenvalue weighted by Gasteiger charge is -2.16. The summed E-state index contributed by atoms with van der Waals surface area (Å²) >= 11 is 1.50.